The molecule has 3 aliphatic heterocycles. The maximum atomic E-state index is 13.5. The Morgan fingerprint density at radius 1 is 1.06 bits per heavy atom. The number of ether oxygens (including phenoxy) is 1. The number of fused-ring (bicyclic) bond motifs is 3. The molecular formula is C29H33N2O3S+. The quantitative estimate of drug-likeness (QED) is 0.245. The fourth-order valence-corrected chi connectivity index (χ4v) is 6.37. The first kappa shape index (κ1) is 23.8. The van der Waals surface area contributed by atoms with Crippen LogP contribution in [-0.2, 0) is 16.0 Å². The zero-order valence-corrected chi connectivity index (χ0v) is 21.0. The first-order valence-electron chi connectivity index (χ1n) is 12.6. The van der Waals surface area contributed by atoms with Gasteiger partial charge >= 0.3 is 5.97 Å². The summed E-state index contributed by atoms with van der Waals surface area (Å²) in [4.78, 5) is 27.9. The molecule has 3 aromatic rings. The van der Waals surface area contributed by atoms with E-state index in [9.17, 15) is 9.59 Å². The number of rotatable bonds is 9. The van der Waals surface area contributed by atoms with Crippen LogP contribution in [0.25, 0.3) is 0 Å². The number of Topliss-reactive ketones (excluding diaryl/α,β-unsaturated/α-hetero) is 1. The Morgan fingerprint density at radius 2 is 1.74 bits per heavy atom. The van der Waals surface area contributed by atoms with Crippen LogP contribution < -0.4 is 5.32 Å². The van der Waals surface area contributed by atoms with Crippen molar-refractivity contribution in [2.75, 3.05) is 31.5 Å². The van der Waals surface area contributed by atoms with Gasteiger partial charge in [0.15, 0.2) is 12.1 Å². The molecule has 0 radical (unpaired) electrons. The minimum Gasteiger partial charge on any atom is -0.454 e. The Bertz CT molecular complexity index is 1150. The molecule has 1 aromatic heterocycles. The van der Waals surface area contributed by atoms with Gasteiger partial charge in [-0.3, -0.25) is 4.79 Å². The van der Waals surface area contributed by atoms with Gasteiger partial charge in [-0.15, -0.1) is 11.3 Å². The van der Waals surface area contributed by atoms with Crippen LogP contribution in [-0.4, -0.2) is 48.5 Å². The average Bonchev–Trinajstić information content (AvgIpc) is 3.39. The smallest absolute Gasteiger partial charge is 0.333 e. The van der Waals surface area contributed by atoms with Crippen molar-refractivity contribution in [2.45, 2.75) is 38.3 Å². The van der Waals surface area contributed by atoms with Gasteiger partial charge in [-0.1, -0.05) is 55.5 Å². The second-order valence-corrected chi connectivity index (χ2v) is 10.9. The Hall–Kier alpha value is -2.96. The minimum absolute atomic E-state index is 0.157. The summed E-state index contributed by atoms with van der Waals surface area (Å²) < 4.78 is 6.95. The van der Waals surface area contributed by atoms with Gasteiger partial charge in [0, 0.05) is 40.3 Å². The molecule has 6 rings (SSSR count). The third-order valence-corrected chi connectivity index (χ3v) is 8.65. The monoisotopic (exact) mass is 489 g/mol. The SMILES string of the molecule is CCc1cc(C(=O)C[N+]23CCC(CC2)[C@@H](OC(=O)[C@H](Nc2ccccc2)c2ccccc2)C3)cs1. The van der Waals surface area contributed by atoms with Crippen LogP contribution in [0.4, 0.5) is 5.69 Å². The van der Waals surface area contributed by atoms with Crippen LogP contribution in [0.3, 0.4) is 0 Å². The lowest BCUT2D eigenvalue weighted by molar-refractivity contribution is -0.938. The molecule has 4 heterocycles. The molecule has 182 valence electrons. The molecule has 2 aromatic carbocycles. The molecule has 3 saturated heterocycles. The van der Waals surface area contributed by atoms with Gasteiger partial charge in [0.05, 0.1) is 13.1 Å². The molecule has 0 amide bonds. The van der Waals surface area contributed by atoms with Crippen molar-refractivity contribution in [3.63, 3.8) is 0 Å². The normalized spacial score (nSPS) is 24.0. The van der Waals surface area contributed by atoms with E-state index in [1.807, 2.05) is 72.1 Å². The number of hydrogen-bond donors (Lipinski definition) is 1. The first-order valence-corrected chi connectivity index (χ1v) is 13.5. The van der Waals surface area contributed by atoms with Crippen LogP contribution in [0.15, 0.2) is 72.1 Å². The van der Waals surface area contributed by atoms with Crippen LogP contribution in [0, 0.1) is 5.92 Å². The number of nitrogens with zero attached hydrogens (tertiary/aromatic N) is 1. The van der Waals surface area contributed by atoms with E-state index in [0.29, 0.717) is 12.5 Å². The number of thiophene rings is 1. The second kappa shape index (κ2) is 10.3. The van der Waals surface area contributed by atoms with E-state index in [2.05, 4.69) is 12.2 Å². The molecule has 3 aliphatic rings. The lowest BCUT2D eigenvalue weighted by atomic mass is 9.82. The number of quaternary nitrogens is 1. The van der Waals surface area contributed by atoms with Crippen molar-refractivity contribution in [1.29, 1.82) is 0 Å². The third-order valence-electron chi connectivity index (χ3n) is 7.57. The molecule has 0 unspecified atom stereocenters. The van der Waals surface area contributed by atoms with Crippen molar-refractivity contribution >= 4 is 28.8 Å². The van der Waals surface area contributed by atoms with E-state index in [1.165, 1.54) is 4.88 Å². The van der Waals surface area contributed by atoms with Gasteiger partial charge in [-0.05, 0) is 30.2 Å². The topological polar surface area (TPSA) is 55.4 Å². The highest BCUT2D eigenvalue weighted by molar-refractivity contribution is 7.10. The number of aryl methyl sites for hydroxylation is 1. The lowest BCUT2D eigenvalue weighted by Gasteiger charge is -2.51. The number of hydrogen-bond acceptors (Lipinski definition) is 5. The first-order chi connectivity index (χ1) is 17.0. The molecule has 0 spiro atoms. The van der Waals surface area contributed by atoms with Gasteiger partial charge in [-0.25, -0.2) is 4.79 Å². The fraction of sp³-hybridized carbons (Fsp3) is 0.379. The Morgan fingerprint density at radius 3 is 2.40 bits per heavy atom. The molecule has 6 heteroatoms. The number of carbonyl (C=O) groups is 2. The Labute approximate surface area is 211 Å². The van der Waals surface area contributed by atoms with Crippen LogP contribution in [0.2, 0.25) is 0 Å². The molecule has 2 atom stereocenters. The molecule has 0 aliphatic carbocycles. The van der Waals surface area contributed by atoms with E-state index in [-0.39, 0.29) is 17.9 Å². The van der Waals surface area contributed by atoms with Gasteiger partial charge in [0.2, 0.25) is 5.78 Å². The summed E-state index contributed by atoms with van der Waals surface area (Å²) in [6, 6.07) is 21.0. The highest BCUT2D eigenvalue weighted by Gasteiger charge is 2.49. The van der Waals surface area contributed by atoms with Crippen LogP contribution >= 0.6 is 11.3 Å². The van der Waals surface area contributed by atoms with Gasteiger partial charge in [0.25, 0.3) is 0 Å². The number of para-hydroxylation sites is 1. The van der Waals surface area contributed by atoms with Gasteiger partial charge in [0.1, 0.15) is 13.1 Å². The Kier molecular flexibility index (Phi) is 7.02. The van der Waals surface area contributed by atoms with Crippen molar-refractivity contribution in [3.8, 4) is 0 Å². The summed E-state index contributed by atoms with van der Waals surface area (Å²) in [6.07, 6.45) is 2.79. The molecule has 2 bridgehead atoms. The number of nitrogens with one attached hydrogen (secondary N) is 1. The molecule has 3 fully saturated rings. The van der Waals surface area contributed by atoms with Crippen molar-refractivity contribution in [2.24, 2.45) is 5.92 Å². The van der Waals surface area contributed by atoms with E-state index in [0.717, 1.165) is 60.2 Å². The third kappa shape index (κ3) is 5.34. The molecule has 35 heavy (non-hydrogen) atoms. The van der Waals surface area contributed by atoms with E-state index >= 15 is 0 Å². The number of benzene rings is 2. The van der Waals surface area contributed by atoms with E-state index in [4.69, 9.17) is 4.74 Å². The zero-order chi connectivity index (χ0) is 24.3. The molecule has 1 N–H and O–H groups in total. The predicted octanol–water partition coefficient (Wildman–Crippen LogP) is 5.50. The maximum Gasteiger partial charge on any atom is 0.333 e. The standard InChI is InChI=1S/C29H33N2O3S/c1-2-25-17-23(20-35-25)26(32)18-31-15-13-21(14-16-31)27(19-31)34-29(33)28(22-9-5-3-6-10-22)30-24-11-7-4-8-12-24/h3-12,17,20-21,27-28,30H,2,13-16,18-19H2,1H3/q+1/t21?,27-,28+,31?/m0/s1. The van der Waals surface area contributed by atoms with Crippen molar-refractivity contribution in [1.82, 2.24) is 0 Å². The van der Waals surface area contributed by atoms with Crippen molar-refractivity contribution in [3.05, 3.63) is 88.1 Å². The highest BCUT2D eigenvalue weighted by Crippen LogP contribution is 2.37. The summed E-state index contributed by atoms with van der Waals surface area (Å²) in [5.41, 5.74) is 2.59. The predicted molar refractivity (Wildman–Crippen MR) is 140 cm³/mol. The van der Waals surface area contributed by atoms with Crippen molar-refractivity contribution < 1.29 is 18.8 Å². The Balaban J connectivity index is 1.30. The average molecular weight is 490 g/mol. The lowest BCUT2D eigenvalue weighted by Crippen LogP contribution is -2.65. The van der Waals surface area contributed by atoms with Gasteiger partial charge < -0.3 is 14.5 Å². The molecule has 0 saturated carbocycles. The van der Waals surface area contributed by atoms with Crippen LogP contribution in [0.5, 0.6) is 0 Å². The van der Waals surface area contributed by atoms with Gasteiger partial charge in [-0.2, -0.15) is 0 Å². The summed E-state index contributed by atoms with van der Waals surface area (Å²) >= 11 is 1.66. The van der Waals surface area contributed by atoms with Crippen LogP contribution in [0.1, 0.15) is 46.6 Å². The molecule has 5 nitrogen and oxygen atoms in total. The minimum atomic E-state index is -0.581. The zero-order valence-electron chi connectivity index (χ0n) is 20.2. The largest absolute Gasteiger partial charge is 0.454 e. The summed E-state index contributed by atoms with van der Waals surface area (Å²) in [5.74, 6) is 0.322. The summed E-state index contributed by atoms with van der Waals surface area (Å²) in [5, 5.41) is 5.36. The number of piperidine rings is 3. The number of ketones is 1. The number of anilines is 1. The number of esters is 1. The molecular weight excluding hydrogens is 456 g/mol. The summed E-state index contributed by atoms with van der Waals surface area (Å²) in [6.45, 7) is 5.30. The fourth-order valence-electron chi connectivity index (χ4n) is 5.53. The number of carbonyl (C=O) groups excluding carboxylic acids is 2. The summed E-state index contributed by atoms with van der Waals surface area (Å²) in [7, 11) is 0. The second-order valence-electron chi connectivity index (χ2n) is 9.87. The van der Waals surface area contributed by atoms with E-state index < -0.39 is 6.04 Å². The van der Waals surface area contributed by atoms with E-state index in [1.54, 1.807) is 11.3 Å². The maximum absolute atomic E-state index is 13.5. The highest BCUT2D eigenvalue weighted by atomic mass is 32.1.